The van der Waals surface area contributed by atoms with Crippen LogP contribution in [0.5, 0.6) is 0 Å². The molecule has 2 rings (SSSR count). The number of carbonyl (C=O) groups is 2. The summed E-state index contributed by atoms with van der Waals surface area (Å²) in [6.07, 6.45) is 1.21. The van der Waals surface area contributed by atoms with Gasteiger partial charge in [-0.05, 0) is 36.9 Å². The zero-order valence-electron chi connectivity index (χ0n) is 10.5. The number of hydrogen-bond donors (Lipinski definition) is 1. The van der Waals surface area contributed by atoms with E-state index < -0.39 is 11.9 Å². The minimum absolute atomic E-state index is 0.0868. The number of esters is 1. The van der Waals surface area contributed by atoms with Crippen LogP contribution < -0.4 is 0 Å². The summed E-state index contributed by atoms with van der Waals surface area (Å²) in [4.78, 5) is 26.9. The lowest BCUT2D eigenvalue weighted by atomic mass is 10.2. The van der Waals surface area contributed by atoms with Gasteiger partial charge in [0, 0.05) is 4.90 Å². The fraction of sp³-hybridized carbons (Fsp3) is 0.154. The Morgan fingerprint density at radius 3 is 2.95 bits per heavy atom. The zero-order chi connectivity index (χ0) is 14.5. The second-order valence-electron chi connectivity index (χ2n) is 3.65. The summed E-state index contributed by atoms with van der Waals surface area (Å²) in [6, 6.07) is 6.35. The van der Waals surface area contributed by atoms with E-state index in [-0.39, 0.29) is 23.1 Å². The summed E-state index contributed by atoms with van der Waals surface area (Å²) < 4.78 is 9.93. The van der Waals surface area contributed by atoms with Crippen molar-refractivity contribution in [1.29, 1.82) is 0 Å². The molecule has 1 aromatic carbocycles. The fourth-order valence-electron chi connectivity index (χ4n) is 1.40. The maximum absolute atomic E-state index is 11.4. The second-order valence-corrected chi connectivity index (χ2v) is 4.68. The molecule has 104 valence electrons. The Balaban J connectivity index is 2.12. The topological polar surface area (TPSA) is 89.6 Å². The number of ether oxygens (including phenoxy) is 1. The normalized spacial score (nSPS) is 10.2. The van der Waals surface area contributed by atoms with Gasteiger partial charge in [-0.25, -0.2) is 9.59 Å². The number of rotatable bonds is 5. The first-order chi connectivity index (χ1) is 9.60. The van der Waals surface area contributed by atoms with Gasteiger partial charge in [0.15, 0.2) is 5.69 Å². The Labute approximate surface area is 118 Å². The number of hydrogen-bond acceptors (Lipinski definition) is 6. The van der Waals surface area contributed by atoms with Crippen LogP contribution in [0, 0.1) is 0 Å². The van der Waals surface area contributed by atoms with Crippen molar-refractivity contribution < 1.29 is 23.8 Å². The average molecular weight is 293 g/mol. The molecule has 2 aromatic rings. The van der Waals surface area contributed by atoms with Crippen LogP contribution in [0.4, 0.5) is 0 Å². The summed E-state index contributed by atoms with van der Waals surface area (Å²) in [5.41, 5.74) is 0.260. The van der Waals surface area contributed by atoms with Crippen LogP contribution in [0.3, 0.4) is 0 Å². The molecule has 0 aliphatic rings. The van der Waals surface area contributed by atoms with Crippen LogP contribution in [0.25, 0.3) is 0 Å². The van der Waals surface area contributed by atoms with E-state index >= 15 is 0 Å². The number of carboxylic acid groups (broad SMARTS) is 1. The van der Waals surface area contributed by atoms with Crippen molar-refractivity contribution in [2.24, 2.45) is 0 Å². The van der Waals surface area contributed by atoms with E-state index in [0.717, 1.165) is 11.8 Å². The summed E-state index contributed by atoms with van der Waals surface area (Å²) in [5.74, 6) is -1.56. The molecule has 0 radical (unpaired) electrons. The Hall–Kier alpha value is -2.28. The van der Waals surface area contributed by atoms with Crippen LogP contribution in [0.2, 0.25) is 0 Å². The van der Waals surface area contributed by atoms with E-state index in [9.17, 15) is 9.59 Å². The molecular formula is C13H11NO5S. The molecule has 0 unspecified atom stereocenters. The minimum atomic E-state index is -1.01. The Bertz CT molecular complexity index is 637. The van der Waals surface area contributed by atoms with Crippen LogP contribution >= 0.6 is 11.8 Å². The van der Waals surface area contributed by atoms with Crippen molar-refractivity contribution in [3.63, 3.8) is 0 Å². The number of benzene rings is 1. The van der Waals surface area contributed by atoms with E-state index in [4.69, 9.17) is 14.3 Å². The molecule has 0 atom stereocenters. The lowest BCUT2D eigenvalue weighted by Gasteiger charge is -1.98. The third-order valence-electron chi connectivity index (χ3n) is 2.25. The van der Waals surface area contributed by atoms with Gasteiger partial charge in [-0.1, -0.05) is 6.07 Å². The molecule has 6 nitrogen and oxygen atoms in total. The molecule has 7 heteroatoms. The molecule has 0 fully saturated rings. The summed E-state index contributed by atoms with van der Waals surface area (Å²) in [7, 11) is 0. The molecular weight excluding hydrogens is 282 g/mol. The Kier molecular flexibility index (Phi) is 4.41. The molecule has 0 saturated heterocycles. The molecule has 1 heterocycles. The van der Waals surface area contributed by atoms with Crippen LogP contribution in [0.1, 0.15) is 27.8 Å². The monoisotopic (exact) mass is 293 g/mol. The van der Waals surface area contributed by atoms with Crippen molar-refractivity contribution in [2.45, 2.75) is 17.0 Å². The SMILES string of the molecule is CCOC(=O)c1coc(Sc2cccc(C(=O)O)c2)n1. The van der Waals surface area contributed by atoms with E-state index in [2.05, 4.69) is 4.98 Å². The summed E-state index contributed by atoms with van der Waals surface area (Å²) in [5, 5.41) is 9.15. The molecule has 0 spiro atoms. The van der Waals surface area contributed by atoms with E-state index in [1.807, 2.05) is 0 Å². The second kappa shape index (κ2) is 6.25. The van der Waals surface area contributed by atoms with Crippen LogP contribution in [0.15, 0.2) is 45.1 Å². The molecule has 20 heavy (non-hydrogen) atoms. The largest absolute Gasteiger partial charge is 0.478 e. The highest BCUT2D eigenvalue weighted by Gasteiger charge is 2.14. The van der Waals surface area contributed by atoms with Crippen LogP contribution in [-0.2, 0) is 4.74 Å². The lowest BCUT2D eigenvalue weighted by molar-refractivity contribution is 0.0518. The first kappa shape index (κ1) is 14.1. The predicted molar refractivity (Wildman–Crippen MR) is 70.0 cm³/mol. The smallest absolute Gasteiger partial charge is 0.360 e. The molecule has 1 N–H and O–H groups in total. The summed E-state index contributed by atoms with van der Waals surface area (Å²) in [6.45, 7) is 1.96. The highest BCUT2D eigenvalue weighted by atomic mass is 32.2. The molecule has 1 aromatic heterocycles. The van der Waals surface area contributed by atoms with Gasteiger partial charge in [0.2, 0.25) is 0 Å². The zero-order valence-corrected chi connectivity index (χ0v) is 11.3. The number of aromatic nitrogens is 1. The van der Waals surface area contributed by atoms with Crippen molar-refractivity contribution in [1.82, 2.24) is 4.98 Å². The van der Waals surface area contributed by atoms with Gasteiger partial charge in [-0.3, -0.25) is 0 Å². The van der Waals surface area contributed by atoms with E-state index in [1.165, 1.54) is 18.4 Å². The quantitative estimate of drug-likeness (QED) is 0.847. The Morgan fingerprint density at radius 2 is 2.25 bits per heavy atom. The maximum atomic E-state index is 11.4. The molecule has 0 amide bonds. The first-order valence-electron chi connectivity index (χ1n) is 5.74. The van der Waals surface area contributed by atoms with Crippen molar-refractivity contribution in [2.75, 3.05) is 6.61 Å². The third kappa shape index (κ3) is 3.39. The minimum Gasteiger partial charge on any atom is -0.478 e. The molecule has 0 aliphatic carbocycles. The number of carboxylic acids is 1. The van der Waals surface area contributed by atoms with Gasteiger partial charge in [0.1, 0.15) is 6.26 Å². The number of carbonyl (C=O) groups excluding carboxylic acids is 1. The first-order valence-corrected chi connectivity index (χ1v) is 6.55. The van der Waals surface area contributed by atoms with Gasteiger partial charge in [0.25, 0.3) is 5.22 Å². The van der Waals surface area contributed by atoms with Crippen molar-refractivity contribution >= 4 is 23.7 Å². The highest BCUT2D eigenvalue weighted by molar-refractivity contribution is 7.99. The molecule has 0 aliphatic heterocycles. The molecule has 0 bridgehead atoms. The average Bonchev–Trinajstić information content (AvgIpc) is 2.88. The number of nitrogens with zero attached hydrogens (tertiary/aromatic N) is 1. The third-order valence-corrected chi connectivity index (χ3v) is 3.11. The van der Waals surface area contributed by atoms with E-state index in [0.29, 0.717) is 4.90 Å². The highest BCUT2D eigenvalue weighted by Crippen LogP contribution is 2.27. The van der Waals surface area contributed by atoms with E-state index in [1.54, 1.807) is 19.1 Å². The van der Waals surface area contributed by atoms with Crippen molar-refractivity contribution in [3.8, 4) is 0 Å². The number of aromatic carboxylic acids is 1. The lowest BCUT2D eigenvalue weighted by Crippen LogP contribution is -2.04. The van der Waals surface area contributed by atoms with Gasteiger partial charge in [-0.15, -0.1) is 0 Å². The Morgan fingerprint density at radius 1 is 1.45 bits per heavy atom. The number of oxazole rings is 1. The van der Waals surface area contributed by atoms with Gasteiger partial charge in [0.05, 0.1) is 12.2 Å². The van der Waals surface area contributed by atoms with Gasteiger partial charge < -0.3 is 14.3 Å². The summed E-state index contributed by atoms with van der Waals surface area (Å²) >= 11 is 1.13. The van der Waals surface area contributed by atoms with Gasteiger partial charge in [-0.2, -0.15) is 4.98 Å². The van der Waals surface area contributed by atoms with Crippen LogP contribution in [-0.4, -0.2) is 28.6 Å². The standard InChI is InChI=1S/C13H11NO5S/c1-2-18-12(17)10-7-19-13(14-10)20-9-5-3-4-8(6-9)11(15)16/h3-7H,2H2,1H3,(H,15,16). The fourth-order valence-corrected chi connectivity index (χ4v) is 2.17. The van der Waals surface area contributed by atoms with Crippen molar-refractivity contribution in [3.05, 3.63) is 41.8 Å². The van der Waals surface area contributed by atoms with Gasteiger partial charge >= 0.3 is 11.9 Å². The molecule has 0 saturated carbocycles. The maximum Gasteiger partial charge on any atom is 0.360 e. The predicted octanol–water partition coefficient (Wildman–Crippen LogP) is 2.70.